The number of aromatic nitrogens is 3. The molecule has 0 aliphatic carbocycles. The van der Waals surface area contributed by atoms with Crippen LogP contribution >= 0.6 is 11.8 Å². The van der Waals surface area contributed by atoms with Crippen molar-refractivity contribution in [2.75, 3.05) is 40.5 Å². The number of benzene rings is 2. The van der Waals surface area contributed by atoms with Crippen LogP contribution in [0.15, 0.2) is 71.0 Å². The van der Waals surface area contributed by atoms with E-state index < -0.39 is 0 Å². The number of hydrogen-bond acceptors (Lipinski definition) is 7. The summed E-state index contributed by atoms with van der Waals surface area (Å²) < 4.78 is 18.1. The third-order valence-corrected chi connectivity index (χ3v) is 7.14. The third-order valence-electron chi connectivity index (χ3n) is 6.16. The molecule has 1 saturated heterocycles. The molecule has 8 nitrogen and oxygen atoms in total. The molecule has 1 fully saturated rings. The largest absolute Gasteiger partial charge is 0.493 e. The lowest BCUT2D eigenvalue weighted by Gasteiger charge is -2.26. The summed E-state index contributed by atoms with van der Waals surface area (Å²) in [5.41, 5.74) is 3.67. The Morgan fingerprint density at radius 1 is 1.03 bits per heavy atom. The second kappa shape index (κ2) is 11.0. The predicted octanol–water partition coefficient (Wildman–Crippen LogP) is 4.36. The second-order valence-corrected chi connectivity index (χ2v) is 9.43. The zero-order valence-electron chi connectivity index (χ0n) is 20.3. The van der Waals surface area contributed by atoms with E-state index in [0.29, 0.717) is 44.2 Å². The van der Waals surface area contributed by atoms with Crippen LogP contribution in [0.5, 0.6) is 11.5 Å². The molecule has 2 aromatic heterocycles. The van der Waals surface area contributed by atoms with Crippen LogP contribution in [-0.4, -0.2) is 65.7 Å². The molecule has 36 heavy (non-hydrogen) atoms. The number of nitrogens with zero attached hydrogens (tertiary/aromatic N) is 4. The molecule has 0 atom stereocenters. The van der Waals surface area contributed by atoms with Gasteiger partial charge >= 0.3 is 0 Å². The number of rotatable bonds is 8. The van der Waals surface area contributed by atoms with E-state index in [0.717, 1.165) is 38.9 Å². The van der Waals surface area contributed by atoms with E-state index >= 15 is 0 Å². The van der Waals surface area contributed by atoms with Crippen molar-refractivity contribution in [1.82, 2.24) is 19.3 Å². The number of carbonyl (C=O) groups is 1. The van der Waals surface area contributed by atoms with Crippen LogP contribution in [0.25, 0.3) is 16.9 Å². The number of carbonyl (C=O) groups excluding carboxylic acids is 1. The Balaban J connectivity index is 1.32. The Bertz CT molecular complexity index is 1350. The van der Waals surface area contributed by atoms with Crippen molar-refractivity contribution >= 4 is 23.3 Å². The van der Waals surface area contributed by atoms with Gasteiger partial charge in [0.1, 0.15) is 5.65 Å². The SMILES string of the molecule is COc1ccc(-c2cc3nccn3c(Sc3ccc(CCC(=O)N4CCOCC4)cc3)n2)cc1OC. The minimum Gasteiger partial charge on any atom is -0.493 e. The zero-order valence-corrected chi connectivity index (χ0v) is 21.2. The number of morpholine rings is 1. The van der Waals surface area contributed by atoms with Gasteiger partial charge in [0.05, 0.1) is 33.1 Å². The van der Waals surface area contributed by atoms with Gasteiger partial charge in [0.2, 0.25) is 5.91 Å². The van der Waals surface area contributed by atoms with Crippen LogP contribution < -0.4 is 9.47 Å². The molecule has 186 valence electrons. The van der Waals surface area contributed by atoms with Crippen molar-refractivity contribution in [3.05, 3.63) is 66.5 Å². The number of fused-ring (bicyclic) bond motifs is 1. The van der Waals surface area contributed by atoms with Gasteiger partial charge in [-0.3, -0.25) is 9.20 Å². The predicted molar refractivity (Wildman–Crippen MR) is 138 cm³/mol. The van der Waals surface area contributed by atoms with Crippen LogP contribution in [0.3, 0.4) is 0 Å². The van der Waals surface area contributed by atoms with E-state index in [2.05, 4.69) is 29.2 Å². The lowest BCUT2D eigenvalue weighted by atomic mass is 10.1. The van der Waals surface area contributed by atoms with E-state index in [1.807, 2.05) is 39.8 Å². The Morgan fingerprint density at radius 3 is 2.56 bits per heavy atom. The maximum Gasteiger partial charge on any atom is 0.223 e. The Hall–Kier alpha value is -3.56. The first kappa shape index (κ1) is 24.1. The van der Waals surface area contributed by atoms with E-state index in [1.165, 1.54) is 0 Å². The van der Waals surface area contributed by atoms with Crippen LogP contribution in [0.2, 0.25) is 0 Å². The molecule has 2 aromatic carbocycles. The zero-order chi connectivity index (χ0) is 24.9. The van der Waals surface area contributed by atoms with E-state index in [4.69, 9.17) is 19.2 Å². The first-order valence-electron chi connectivity index (χ1n) is 11.8. The maximum atomic E-state index is 12.4. The average molecular weight is 505 g/mol. The van der Waals surface area contributed by atoms with Gasteiger partial charge in [-0.05, 0) is 42.3 Å². The molecule has 0 saturated carbocycles. The van der Waals surface area contributed by atoms with E-state index in [-0.39, 0.29) is 5.91 Å². The van der Waals surface area contributed by atoms with Crippen LogP contribution in [0.1, 0.15) is 12.0 Å². The summed E-state index contributed by atoms with van der Waals surface area (Å²) in [5.74, 6) is 1.51. The summed E-state index contributed by atoms with van der Waals surface area (Å²) >= 11 is 1.57. The first-order valence-corrected chi connectivity index (χ1v) is 12.6. The second-order valence-electron chi connectivity index (χ2n) is 8.39. The van der Waals surface area contributed by atoms with Gasteiger partial charge in [0.25, 0.3) is 0 Å². The van der Waals surface area contributed by atoms with Crippen LogP contribution in [0, 0.1) is 0 Å². The lowest BCUT2D eigenvalue weighted by molar-refractivity contribution is -0.135. The minimum atomic E-state index is 0.190. The number of imidazole rings is 1. The number of amides is 1. The van der Waals surface area contributed by atoms with Gasteiger partial charge in [0, 0.05) is 48.4 Å². The van der Waals surface area contributed by atoms with Crippen molar-refractivity contribution in [1.29, 1.82) is 0 Å². The molecule has 0 spiro atoms. The Kier molecular flexibility index (Phi) is 7.39. The van der Waals surface area contributed by atoms with E-state index in [9.17, 15) is 4.79 Å². The number of ether oxygens (including phenoxy) is 3. The smallest absolute Gasteiger partial charge is 0.223 e. The average Bonchev–Trinajstić information content (AvgIpc) is 3.42. The van der Waals surface area contributed by atoms with Gasteiger partial charge in [-0.25, -0.2) is 9.97 Å². The normalized spacial score (nSPS) is 13.7. The molecule has 3 heterocycles. The van der Waals surface area contributed by atoms with Crippen molar-refractivity contribution in [2.45, 2.75) is 22.9 Å². The molecule has 5 rings (SSSR count). The summed E-state index contributed by atoms with van der Waals surface area (Å²) in [6.45, 7) is 2.63. The molecule has 0 N–H and O–H groups in total. The highest BCUT2D eigenvalue weighted by Crippen LogP contribution is 2.34. The maximum absolute atomic E-state index is 12.4. The number of hydrogen-bond donors (Lipinski definition) is 0. The molecular weight excluding hydrogens is 476 g/mol. The van der Waals surface area contributed by atoms with Crippen LogP contribution in [-0.2, 0) is 16.0 Å². The number of methoxy groups -OCH3 is 2. The monoisotopic (exact) mass is 504 g/mol. The molecule has 0 bridgehead atoms. The molecule has 0 unspecified atom stereocenters. The molecule has 1 aliphatic heterocycles. The molecular formula is C27H28N4O4S. The quantitative estimate of drug-likeness (QED) is 0.330. The summed E-state index contributed by atoms with van der Waals surface area (Å²) in [7, 11) is 3.24. The molecule has 0 radical (unpaired) electrons. The van der Waals surface area contributed by atoms with Gasteiger partial charge < -0.3 is 19.1 Å². The summed E-state index contributed by atoms with van der Waals surface area (Å²) in [5, 5.41) is 0.810. The molecule has 1 aliphatic rings. The fourth-order valence-electron chi connectivity index (χ4n) is 4.16. The van der Waals surface area contributed by atoms with Crippen LogP contribution in [0.4, 0.5) is 0 Å². The third kappa shape index (κ3) is 5.32. The van der Waals surface area contributed by atoms with Gasteiger partial charge in [-0.2, -0.15) is 0 Å². The van der Waals surface area contributed by atoms with E-state index in [1.54, 1.807) is 32.2 Å². The minimum absolute atomic E-state index is 0.190. The van der Waals surface area contributed by atoms with Crippen molar-refractivity contribution in [3.63, 3.8) is 0 Å². The highest BCUT2D eigenvalue weighted by Gasteiger charge is 2.17. The van der Waals surface area contributed by atoms with Crippen molar-refractivity contribution < 1.29 is 19.0 Å². The molecule has 1 amide bonds. The van der Waals surface area contributed by atoms with Gasteiger partial charge in [-0.1, -0.05) is 23.9 Å². The summed E-state index contributed by atoms with van der Waals surface area (Å²) in [6, 6.07) is 16.0. The highest BCUT2D eigenvalue weighted by atomic mass is 32.2. The fraction of sp³-hybridized carbons (Fsp3) is 0.296. The standard InChI is InChI=1S/C27H28N4O4S/c1-33-23-9-6-20(17-24(23)34-2)22-18-25-28-11-12-31(25)27(29-22)36-21-7-3-19(4-8-21)5-10-26(32)30-13-15-35-16-14-30/h3-4,6-9,11-12,17-18H,5,10,13-16H2,1-2H3. The summed E-state index contributed by atoms with van der Waals surface area (Å²) in [6.07, 6.45) is 4.92. The Morgan fingerprint density at radius 2 is 1.81 bits per heavy atom. The number of aryl methyl sites for hydroxylation is 1. The fourth-order valence-corrected chi connectivity index (χ4v) is 5.04. The van der Waals surface area contributed by atoms with Gasteiger partial charge in [0.15, 0.2) is 16.7 Å². The molecule has 9 heteroatoms. The van der Waals surface area contributed by atoms with Gasteiger partial charge in [-0.15, -0.1) is 0 Å². The highest BCUT2D eigenvalue weighted by molar-refractivity contribution is 7.99. The first-order chi connectivity index (χ1) is 17.6. The lowest BCUT2D eigenvalue weighted by Crippen LogP contribution is -2.40. The van der Waals surface area contributed by atoms with Crippen molar-refractivity contribution in [3.8, 4) is 22.8 Å². The summed E-state index contributed by atoms with van der Waals surface area (Å²) in [4.78, 5) is 24.8. The molecule has 4 aromatic rings. The Labute approximate surface area is 214 Å². The van der Waals surface area contributed by atoms with Crippen molar-refractivity contribution in [2.24, 2.45) is 0 Å². The topological polar surface area (TPSA) is 78.2 Å².